The molecule has 244 valence electrons. The summed E-state index contributed by atoms with van der Waals surface area (Å²) >= 11 is 0. The van der Waals surface area contributed by atoms with Crippen molar-refractivity contribution in [3.8, 4) is 61.8 Å². The first-order valence-electron chi connectivity index (χ1n) is 17.4. The van der Waals surface area contributed by atoms with Gasteiger partial charge in [0, 0.05) is 63.5 Å². The molecule has 5 aromatic heterocycles. The summed E-state index contributed by atoms with van der Waals surface area (Å²) in [7, 11) is 0. The first kappa shape index (κ1) is 29.8. The van der Waals surface area contributed by atoms with Gasteiger partial charge in [0.15, 0.2) is 0 Å². The Morgan fingerprint density at radius 1 is 0.423 bits per heavy atom. The van der Waals surface area contributed by atoms with E-state index in [0.29, 0.717) is 0 Å². The number of imidazole rings is 1. The van der Waals surface area contributed by atoms with Crippen molar-refractivity contribution in [3.63, 3.8) is 0 Å². The lowest BCUT2D eigenvalue weighted by Gasteiger charge is -2.15. The van der Waals surface area contributed by atoms with E-state index in [9.17, 15) is 0 Å². The van der Waals surface area contributed by atoms with E-state index in [2.05, 4.69) is 154 Å². The van der Waals surface area contributed by atoms with Crippen LogP contribution in [-0.4, -0.2) is 23.9 Å². The molecule has 5 heteroatoms. The number of hydrogen-bond acceptors (Lipinski definition) is 3. The van der Waals surface area contributed by atoms with Crippen LogP contribution in [-0.2, 0) is 0 Å². The van der Waals surface area contributed by atoms with Crippen molar-refractivity contribution in [1.82, 2.24) is 23.9 Å². The number of benzene rings is 5. The molecule has 0 aliphatic rings. The zero-order valence-corrected chi connectivity index (χ0v) is 28.1. The average molecular weight is 666 g/mol. The molecule has 0 atom stereocenters. The summed E-state index contributed by atoms with van der Waals surface area (Å²) in [6.45, 7) is 0. The van der Waals surface area contributed by atoms with E-state index in [0.717, 1.165) is 72.7 Å². The lowest BCUT2D eigenvalue weighted by molar-refractivity contribution is 1.14. The summed E-state index contributed by atoms with van der Waals surface area (Å²) in [5.74, 6) is 0. The number of hydrogen-bond donors (Lipinski definition) is 0. The van der Waals surface area contributed by atoms with Gasteiger partial charge in [-0.2, -0.15) is 0 Å². The number of pyridine rings is 3. The highest BCUT2D eigenvalue weighted by atomic mass is 15.0. The number of nitrogens with zero attached hydrogens (tertiary/aromatic N) is 5. The summed E-state index contributed by atoms with van der Waals surface area (Å²) in [5.41, 5.74) is 13.8. The zero-order valence-electron chi connectivity index (χ0n) is 28.1. The largest absolute Gasteiger partial charge is 0.308 e. The third-order valence-corrected chi connectivity index (χ3v) is 9.88. The molecule has 10 rings (SSSR count). The van der Waals surface area contributed by atoms with Gasteiger partial charge in [0.1, 0.15) is 5.65 Å². The van der Waals surface area contributed by atoms with Gasteiger partial charge in [0.05, 0.1) is 28.3 Å². The maximum atomic E-state index is 5.15. The Kier molecular flexibility index (Phi) is 7.07. The van der Waals surface area contributed by atoms with Crippen LogP contribution in [0, 0.1) is 0 Å². The van der Waals surface area contributed by atoms with Crippen molar-refractivity contribution in [2.45, 2.75) is 0 Å². The van der Waals surface area contributed by atoms with E-state index >= 15 is 0 Å². The summed E-state index contributed by atoms with van der Waals surface area (Å²) in [6.07, 6.45) is 7.74. The van der Waals surface area contributed by atoms with Gasteiger partial charge < -0.3 is 8.97 Å². The fourth-order valence-electron chi connectivity index (χ4n) is 7.51. The zero-order chi connectivity index (χ0) is 34.4. The van der Waals surface area contributed by atoms with Crippen LogP contribution in [0.25, 0.3) is 89.2 Å². The second-order valence-electron chi connectivity index (χ2n) is 12.9. The molecule has 52 heavy (non-hydrogen) atoms. The van der Waals surface area contributed by atoms with Crippen molar-refractivity contribution in [3.05, 3.63) is 189 Å². The van der Waals surface area contributed by atoms with E-state index in [1.54, 1.807) is 0 Å². The fourth-order valence-corrected chi connectivity index (χ4v) is 7.51. The fraction of sp³-hybridized carbons (Fsp3) is 0. The van der Waals surface area contributed by atoms with E-state index in [1.807, 2.05) is 48.9 Å². The Labute approximate surface area is 300 Å². The van der Waals surface area contributed by atoms with Gasteiger partial charge in [-0.05, 0) is 65.0 Å². The second-order valence-corrected chi connectivity index (χ2v) is 12.9. The van der Waals surface area contributed by atoms with Gasteiger partial charge in [-0.1, -0.05) is 115 Å². The molecule has 0 fully saturated rings. The lowest BCUT2D eigenvalue weighted by atomic mass is 9.95. The molecule has 0 unspecified atom stereocenters. The second kappa shape index (κ2) is 12.3. The minimum absolute atomic E-state index is 0.921. The molecule has 0 aliphatic heterocycles. The summed E-state index contributed by atoms with van der Waals surface area (Å²) < 4.78 is 4.51. The molecular weight excluding hydrogens is 635 g/mol. The van der Waals surface area contributed by atoms with Crippen LogP contribution in [0.4, 0.5) is 0 Å². The summed E-state index contributed by atoms with van der Waals surface area (Å²) in [6, 6.07) is 57.8. The van der Waals surface area contributed by atoms with Crippen LogP contribution in [0.1, 0.15) is 0 Å². The predicted octanol–water partition coefficient (Wildman–Crippen LogP) is 11.6. The molecular formula is C47H31N5. The smallest absolute Gasteiger partial charge is 0.137 e. The molecule has 5 aromatic carbocycles. The standard InChI is InChI=1S/C47H31N5/c1-3-11-34(12-4-1)45-40-25-24-37-38(42-18-10-17-41(49-42)33-26-28-48-29-27-33)15-9-16-39(37)47(40)52(46(45)35-13-5-2-6-14-35)36-22-20-32(21-23-36)43-31-51-30-8-7-19-44(51)50-43/h1-31H. The van der Waals surface area contributed by atoms with Crippen molar-refractivity contribution < 1.29 is 0 Å². The Morgan fingerprint density at radius 2 is 1.12 bits per heavy atom. The maximum Gasteiger partial charge on any atom is 0.137 e. The number of aromatic nitrogens is 5. The molecule has 0 saturated heterocycles. The van der Waals surface area contributed by atoms with Crippen molar-refractivity contribution in [2.24, 2.45) is 0 Å². The third kappa shape index (κ3) is 4.98. The maximum absolute atomic E-state index is 5.15. The van der Waals surface area contributed by atoms with Crippen molar-refractivity contribution in [2.75, 3.05) is 0 Å². The van der Waals surface area contributed by atoms with E-state index < -0.39 is 0 Å². The molecule has 0 aliphatic carbocycles. The van der Waals surface area contributed by atoms with Crippen LogP contribution in [0.3, 0.4) is 0 Å². The van der Waals surface area contributed by atoms with Crippen LogP contribution in [0.2, 0.25) is 0 Å². The van der Waals surface area contributed by atoms with Gasteiger partial charge in [-0.25, -0.2) is 9.97 Å². The average Bonchev–Trinajstić information content (AvgIpc) is 3.82. The Morgan fingerprint density at radius 3 is 1.90 bits per heavy atom. The molecule has 5 heterocycles. The number of rotatable bonds is 6. The van der Waals surface area contributed by atoms with Gasteiger partial charge >= 0.3 is 0 Å². The highest BCUT2D eigenvalue weighted by Gasteiger charge is 2.24. The topological polar surface area (TPSA) is 48.0 Å². The molecule has 0 N–H and O–H groups in total. The quantitative estimate of drug-likeness (QED) is 0.178. The number of fused-ring (bicyclic) bond motifs is 4. The van der Waals surface area contributed by atoms with Crippen LogP contribution in [0.5, 0.6) is 0 Å². The van der Waals surface area contributed by atoms with Crippen LogP contribution >= 0.6 is 0 Å². The molecule has 10 aromatic rings. The monoisotopic (exact) mass is 665 g/mol. The molecule has 0 spiro atoms. The summed E-state index contributed by atoms with van der Waals surface area (Å²) in [5, 5.41) is 3.50. The van der Waals surface area contributed by atoms with Gasteiger partial charge in [-0.15, -0.1) is 0 Å². The van der Waals surface area contributed by atoms with E-state index in [-0.39, 0.29) is 0 Å². The minimum atomic E-state index is 0.921. The Balaban J connectivity index is 1.25. The van der Waals surface area contributed by atoms with Crippen molar-refractivity contribution >= 4 is 27.3 Å². The van der Waals surface area contributed by atoms with Crippen LogP contribution < -0.4 is 0 Å². The molecule has 0 radical (unpaired) electrons. The van der Waals surface area contributed by atoms with Gasteiger partial charge in [0.25, 0.3) is 0 Å². The van der Waals surface area contributed by atoms with E-state index in [4.69, 9.17) is 9.97 Å². The highest BCUT2D eigenvalue weighted by molar-refractivity contribution is 6.18. The first-order valence-corrected chi connectivity index (χ1v) is 17.4. The molecule has 5 nitrogen and oxygen atoms in total. The molecule has 0 amide bonds. The minimum Gasteiger partial charge on any atom is -0.308 e. The SMILES string of the molecule is c1ccc(-c2c(-c3ccccc3)n(-c3ccc(-c4cn5ccccc5n4)cc3)c3c2ccc2c(-c4cccc(-c5ccncc5)n4)cccc23)cc1. The van der Waals surface area contributed by atoms with Crippen molar-refractivity contribution in [1.29, 1.82) is 0 Å². The van der Waals surface area contributed by atoms with Crippen LogP contribution in [0.15, 0.2) is 189 Å². The Hall–Kier alpha value is -7.11. The normalized spacial score (nSPS) is 11.5. The van der Waals surface area contributed by atoms with Gasteiger partial charge in [-0.3, -0.25) is 4.98 Å². The summed E-state index contributed by atoms with van der Waals surface area (Å²) in [4.78, 5) is 14.3. The first-order chi connectivity index (χ1) is 25.8. The highest BCUT2D eigenvalue weighted by Crippen LogP contribution is 2.46. The molecule has 0 saturated carbocycles. The lowest BCUT2D eigenvalue weighted by Crippen LogP contribution is -1.98. The third-order valence-electron chi connectivity index (χ3n) is 9.88. The van der Waals surface area contributed by atoms with E-state index in [1.165, 1.54) is 16.5 Å². The predicted molar refractivity (Wildman–Crippen MR) is 212 cm³/mol. The van der Waals surface area contributed by atoms with Gasteiger partial charge in [0.2, 0.25) is 0 Å². The molecule has 0 bridgehead atoms. The Bertz CT molecular complexity index is 2840.